The Hall–Kier alpha value is -0.310. The van der Waals surface area contributed by atoms with Gasteiger partial charge in [0.25, 0.3) is 0 Å². The van der Waals surface area contributed by atoms with Gasteiger partial charge in [0.15, 0.2) is 0 Å². The molecule has 0 saturated heterocycles. The van der Waals surface area contributed by atoms with E-state index in [0.717, 1.165) is 12.8 Å². The van der Waals surface area contributed by atoms with Crippen molar-refractivity contribution in [2.45, 2.75) is 24.9 Å². The first-order valence-electron chi connectivity index (χ1n) is 4.55. The highest BCUT2D eigenvalue weighted by Crippen LogP contribution is 2.39. The summed E-state index contributed by atoms with van der Waals surface area (Å²) in [4.78, 5) is 3.91. The van der Waals surface area contributed by atoms with Gasteiger partial charge in [-0.15, -0.1) is 0 Å². The van der Waals surface area contributed by atoms with Crippen LogP contribution in [0.2, 0.25) is 10.3 Å². The molecule has 0 atom stereocenters. The molecule has 0 bridgehead atoms. The van der Waals surface area contributed by atoms with Gasteiger partial charge in [-0.05, 0) is 36.5 Å². The number of methoxy groups -OCH3 is 1. The molecule has 4 heteroatoms. The summed E-state index contributed by atoms with van der Waals surface area (Å²) in [7, 11) is 1.74. The average molecular weight is 232 g/mol. The van der Waals surface area contributed by atoms with Crippen molar-refractivity contribution in [1.29, 1.82) is 0 Å². The van der Waals surface area contributed by atoms with Gasteiger partial charge in [0.1, 0.15) is 10.3 Å². The van der Waals surface area contributed by atoms with Crippen LogP contribution in [0.3, 0.4) is 0 Å². The second kappa shape index (κ2) is 4.05. The summed E-state index contributed by atoms with van der Waals surface area (Å²) in [6, 6.07) is 3.76. The molecule has 1 aromatic heterocycles. The van der Waals surface area contributed by atoms with Gasteiger partial charge in [-0.3, -0.25) is 0 Å². The van der Waals surface area contributed by atoms with E-state index in [1.165, 1.54) is 5.56 Å². The third-order valence-corrected chi connectivity index (χ3v) is 3.07. The lowest BCUT2D eigenvalue weighted by molar-refractivity contribution is 0.0257. The molecule has 0 spiro atoms. The molecule has 76 valence electrons. The predicted octanol–water partition coefficient (Wildman–Crippen LogP) is 3.28. The third-order valence-electron chi connectivity index (χ3n) is 2.68. The maximum atomic E-state index is 5.82. The Morgan fingerprint density at radius 1 is 1.29 bits per heavy atom. The number of aromatic nitrogens is 1. The molecule has 14 heavy (non-hydrogen) atoms. The van der Waals surface area contributed by atoms with Crippen LogP contribution in [0.5, 0.6) is 0 Å². The zero-order chi connectivity index (χ0) is 10.1. The van der Waals surface area contributed by atoms with Gasteiger partial charge in [-0.1, -0.05) is 23.2 Å². The van der Waals surface area contributed by atoms with E-state index in [1.807, 2.05) is 12.1 Å². The van der Waals surface area contributed by atoms with Gasteiger partial charge >= 0.3 is 0 Å². The number of rotatable bonds is 2. The number of halogens is 2. The van der Waals surface area contributed by atoms with E-state index in [1.54, 1.807) is 7.11 Å². The zero-order valence-corrected chi connectivity index (χ0v) is 9.35. The van der Waals surface area contributed by atoms with Gasteiger partial charge in [0.05, 0.1) is 6.10 Å². The van der Waals surface area contributed by atoms with Gasteiger partial charge < -0.3 is 4.74 Å². The molecule has 1 heterocycles. The van der Waals surface area contributed by atoms with E-state index in [-0.39, 0.29) is 0 Å². The normalized spacial score (nSPS) is 25.9. The minimum atomic E-state index is 0.394. The van der Waals surface area contributed by atoms with Crippen LogP contribution in [-0.4, -0.2) is 18.2 Å². The minimum Gasteiger partial charge on any atom is -0.381 e. The van der Waals surface area contributed by atoms with Crippen molar-refractivity contribution in [1.82, 2.24) is 4.98 Å². The molecule has 1 saturated carbocycles. The number of ether oxygens (including phenoxy) is 1. The number of hydrogen-bond donors (Lipinski definition) is 0. The first-order chi connectivity index (χ1) is 6.69. The largest absolute Gasteiger partial charge is 0.381 e. The molecule has 1 aliphatic rings. The molecular formula is C10H11Cl2NO. The standard InChI is InChI=1S/C10H11Cl2NO/c1-14-8-2-6(3-8)7-4-9(11)13-10(12)5-7/h4-6,8H,2-3H2,1H3. The maximum absolute atomic E-state index is 5.82. The molecule has 1 aliphatic carbocycles. The lowest BCUT2D eigenvalue weighted by Crippen LogP contribution is -2.28. The van der Waals surface area contributed by atoms with E-state index in [0.29, 0.717) is 22.3 Å². The van der Waals surface area contributed by atoms with Gasteiger partial charge in [-0.25, -0.2) is 4.98 Å². The molecule has 2 nitrogen and oxygen atoms in total. The fourth-order valence-corrected chi connectivity index (χ4v) is 2.23. The molecule has 2 rings (SSSR count). The fraction of sp³-hybridized carbons (Fsp3) is 0.500. The van der Waals surface area contributed by atoms with Crippen LogP contribution in [0.1, 0.15) is 24.3 Å². The highest BCUT2D eigenvalue weighted by molar-refractivity contribution is 6.32. The summed E-state index contributed by atoms with van der Waals surface area (Å²) in [5.74, 6) is 0.526. The smallest absolute Gasteiger partial charge is 0.131 e. The number of nitrogens with zero attached hydrogens (tertiary/aromatic N) is 1. The Labute approximate surface area is 93.2 Å². The summed E-state index contributed by atoms with van der Waals surface area (Å²) >= 11 is 11.6. The van der Waals surface area contributed by atoms with Crippen LogP contribution in [-0.2, 0) is 4.74 Å². The molecule has 0 aliphatic heterocycles. The maximum Gasteiger partial charge on any atom is 0.131 e. The molecular weight excluding hydrogens is 221 g/mol. The average Bonchev–Trinajstić information content (AvgIpc) is 2.00. The third kappa shape index (κ3) is 2.02. The molecule has 0 unspecified atom stereocenters. The lowest BCUT2D eigenvalue weighted by atomic mass is 9.78. The summed E-state index contributed by atoms with van der Waals surface area (Å²) in [5, 5.41) is 0.932. The van der Waals surface area contributed by atoms with Crippen molar-refractivity contribution < 1.29 is 4.74 Å². The number of hydrogen-bond acceptors (Lipinski definition) is 2. The summed E-state index contributed by atoms with van der Waals surface area (Å²) < 4.78 is 5.22. The van der Waals surface area contributed by atoms with Crippen molar-refractivity contribution in [3.05, 3.63) is 28.0 Å². The summed E-state index contributed by atoms with van der Waals surface area (Å²) in [6.45, 7) is 0. The second-order valence-electron chi connectivity index (χ2n) is 3.57. The first kappa shape index (κ1) is 10.2. The minimum absolute atomic E-state index is 0.394. The molecule has 0 amide bonds. The fourth-order valence-electron chi connectivity index (χ4n) is 1.75. The van der Waals surface area contributed by atoms with Gasteiger partial charge in [-0.2, -0.15) is 0 Å². The van der Waals surface area contributed by atoms with Crippen LogP contribution in [0.25, 0.3) is 0 Å². The highest BCUT2D eigenvalue weighted by Gasteiger charge is 2.30. The van der Waals surface area contributed by atoms with Crippen molar-refractivity contribution in [3.63, 3.8) is 0 Å². The summed E-state index contributed by atoms with van der Waals surface area (Å²) in [5.41, 5.74) is 1.17. The van der Waals surface area contributed by atoms with Crippen LogP contribution < -0.4 is 0 Å². The van der Waals surface area contributed by atoms with Crippen molar-refractivity contribution in [2.75, 3.05) is 7.11 Å². The molecule has 1 fully saturated rings. The van der Waals surface area contributed by atoms with Crippen molar-refractivity contribution in [2.24, 2.45) is 0 Å². The quantitative estimate of drug-likeness (QED) is 0.730. The summed E-state index contributed by atoms with van der Waals surface area (Å²) in [6.07, 6.45) is 2.49. The Bertz CT molecular complexity index is 317. The molecule has 1 aromatic rings. The van der Waals surface area contributed by atoms with Crippen LogP contribution >= 0.6 is 23.2 Å². The Kier molecular flexibility index (Phi) is 2.96. The monoisotopic (exact) mass is 231 g/mol. The SMILES string of the molecule is COC1CC(c2cc(Cl)nc(Cl)c2)C1. The van der Waals surface area contributed by atoms with Gasteiger partial charge in [0, 0.05) is 7.11 Å². The van der Waals surface area contributed by atoms with E-state index in [2.05, 4.69) is 4.98 Å². The van der Waals surface area contributed by atoms with Crippen molar-refractivity contribution in [3.8, 4) is 0 Å². The second-order valence-corrected chi connectivity index (χ2v) is 4.35. The highest BCUT2D eigenvalue weighted by atomic mass is 35.5. The van der Waals surface area contributed by atoms with Crippen LogP contribution in [0, 0.1) is 0 Å². The zero-order valence-electron chi connectivity index (χ0n) is 7.84. The Balaban J connectivity index is 2.10. The Morgan fingerprint density at radius 2 is 1.86 bits per heavy atom. The Morgan fingerprint density at radius 3 is 2.36 bits per heavy atom. The topological polar surface area (TPSA) is 22.1 Å². The molecule has 0 aromatic carbocycles. The van der Waals surface area contributed by atoms with E-state index >= 15 is 0 Å². The van der Waals surface area contributed by atoms with E-state index < -0.39 is 0 Å². The number of pyridine rings is 1. The van der Waals surface area contributed by atoms with E-state index in [9.17, 15) is 0 Å². The first-order valence-corrected chi connectivity index (χ1v) is 5.30. The van der Waals surface area contributed by atoms with E-state index in [4.69, 9.17) is 27.9 Å². The van der Waals surface area contributed by atoms with Crippen LogP contribution in [0.15, 0.2) is 12.1 Å². The molecule has 0 N–H and O–H groups in total. The molecule has 0 radical (unpaired) electrons. The van der Waals surface area contributed by atoms with Gasteiger partial charge in [0.2, 0.25) is 0 Å². The lowest BCUT2D eigenvalue weighted by Gasteiger charge is -2.34. The van der Waals surface area contributed by atoms with Crippen LogP contribution in [0.4, 0.5) is 0 Å². The van der Waals surface area contributed by atoms with Crippen molar-refractivity contribution >= 4 is 23.2 Å². The predicted molar refractivity (Wildman–Crippen MR) is 57.0 cm³/mol.